The first-order valence-electron chi connectivity index (χ1n) is 17.2. The van der Waals surface area contributed by atoms with Crippen molar-refractivity contribution in [1.29, 1.82) is 0 Å². The van der Waals surface area contributed by atoms with Gasteiger partial charge in [0.15, 0.2) is 0 Å². The fourth-order valence-electron chi connectivity index (χ4n) is 5.17. The van der Waals surface area contributed by atoms with Crippen LogP contribution >= 0.6 is 0 Å². The highest BCUT2D eigenvalue weighted by Gasteiger charge is 2.27. The number of Topliss-reactive ketones (excluding diaryl/α,β-unsaturated/α-hetero) is 1. The van der Waals surface area contributed by atoms with Gasteiger partial charge >= 0.3 is 17.9 Å². The summed E-state index contributed by atoms with van der Waals surface area (Å²) >= 11 is 0. The van der Waals surface area contributed by atoms with E-state index in [1.54, 1.807) is 25.7 Å². The lowest BCUT2D eigenvalue weighted by Crippen LogP contribution is -2.51. The first-order chi connectivity index (χ1) is 24.1. The second-order valence-electron chi connectivity index (χ2n) is 11.6. The van der Waals surface area contributed by atoms with Crippen molar-refractivity contribution in [3.8, 4) is 0 Å². The summed E-state index contributed by atoms with van der Waals surface area (Å²) in [5, 5.41) is 5.49. The van der Waals surface area contributed by atoms with E-state index in [0.717, 1.165) is 11.1 Å². The second kappa shape index (κ2) is 23.7. The predicted molar refractivity (Wildman–Crippen MR) is 187 cm³/mol. The maximum Gasteiger partial charge on any atom is 0.328 e. The Morgan fingerprint density at radius 2 is 1.00 bits per heavy atom. The van der Waals surface area contributed by atoms with Crippen molar-refractivity contribution < 1.29 is 43.0 Å². The number of amides is 2. The molecule has 0 spiro atoms. The van der Waals surface area contributed by atoms with E-state index in [9.17, 15) is 28.8 Å². The van der Waals surface area contributed by atoms with Gasteiger partial charge in [0.1, 0.15) is 17.9 Å². The Morgan fingerprint density at radius 1 is 0.580 bits per heavy atom. The Balaban J connectivity index is 2.19. The Bertz CT molecular complexity index is 1250. The molecule has 0 aliphatic heterocycles. The minimum absolute atomic E-state index is 0.0501. The minimum atomic E-state index is -0.954. The van der Waals surface area contributed by atoms with Gasteiger partial charge in [0.2, 0.25) is 11.8 Å². The van der Waals surface area contributed by atoms with Crippen LogP contribution in [-0.4, -0.2) is 116 Å². The third kappa shape index (κ3) is 16.7. The number of rotatable bonds is 24. The van der Waals surface area contributed by atoms with Gasteiger partial charge in [-0.05, 0) is 38.3 Å². The van der Waals surface area contributed by atoms with Gasteiger partial charge in [-0.25, -0.2) is 9.59 Å². The lowest BCUT2D eigenvalue weighted by Gasteiger charge is -2.27. The minimum Gasteiger partial charge on any atom is -0.465 e. The van der Waals surface area contributed by atoms with E-state index in [4.69, 9.17) is 14.2 Å². The summed E-state index contributed by atoms with van der Waals surface area (Å²) in [6.45, 7) is 6.79. The first kappa shape index (κ1) is 41.6. The molecular weight excluding hydrogens is 644 g/mol. The van der Waals surface area contributed by atoms with E-state index in [2.05, 4.69) is 10.6 Å². The molecule has 2 aromatic carbocycles. The number of hydrogen-bond donors (Lipinski definition) is 2. The van der Waals surface area contributed by atoms with Crippen molar-refractivity contribution >= 4 is 35.5 Å². The average molecular weight is 697 g/mol. The molecule has 0 heterocycles. The van der Waals surface area contributed by atoms with E-state index in [0.29, 0.717) is 12.8 Å². The number of ketones is 1. The average Bonchev–Trinajstić information content (AvgIpc) is 3.07. The van der Waals surface area contributed by atoms with E-state index >= 15 is 0 Å². The summed E-state index contributed by atoms with van der Waals surface area (Å²) < 4.78 is 15.5. The Kier molecular flexibility index (Phi) is 19.7. The molecule has 0 bridgehead atoms. The largest absolute Gasteiger partial charge is 0.465 e. The van der Waals surface area contributed by atoms with Gasteiger partial charge in [-0.15, -0.1) is 0 Å². The number of esters is 3. The zero-order chi connectivity index (χ0) is 36.7. The third-order valence-corrected chi connectivity index (χ3v) is 7.43. The highest BCUT2D eigenvalue weighted by atomic mass is 16.5. The zero-order valence-electron chi connectivity index (χ0n) is 29.7. The fourth-order valence-corrected chi connectivity index (χ4v) is 5.17. The second-order valence-corrected chi connectivity index (χ2v) is 11.6. The van der Waals surface area contributed by atoms with Crippen molar-refractivity contribution in [1.82, 2.24) is 20.4 Å². The van der Waals surface area contributed by atoms with Gasteiger partial charge in [-0.1, -0.05) is 67.6 Å². The molecule has 0 saturated heterocycles. The molecule has 0 fully saturated rings. The van der Waals surface area contributed by atoms with E-state index in [1.807, 2.05) is 67.6 Å². The Hall–Kier alpha value is -4.62. The first-order valence-corrected chi connectivity index (χ1v) is 17.2. The van der Waals surface area contributed by atoms with Crippen molar-refractivity contribution in [3.05, 3.63) is 71.8 Å². The molecular formula is C37H52N4O9. The highest BCUT2D eigenvalue weighted by Crippen LogP contribution is 2.07. The molecule has 0 aliphatic rings. The highest BCUT2D eigenvalue weighted by molar-refractivity contribution is 5.87. The summed E-state index contributed by atoms with van der Waals surface area (Å²) in [4.78, 5) is 80.5. The van der Waals surface area contributed by atoms with Crippen LogP contribution in [0.4, 0.5) is 0 Å². The Morgan fingerprint density at radius 3 is 1.40 bits per heavy atom. The van der Waals surface area contributed by atoms with Crippen LogP contribution in [0.3, 0.4) is 0 Å². The maximum absolute atomic E-state index is 13.3. The molecule has 274 valence electrons. The number of benzene rings is 2. The van der Waals surface area contributed by atoms with E-state index in [1.165, 1.54) is 4.90 Å². The third-order valence-electron chi connectivity index (χ3n) is 7.43. The number of carbonyl (C=O) groups excluding carboxylic acids is 6. The molecule has 0 radical (unpaired) electrons. The number of nitrogens with one attached hydrogen (secondary N) is 2. The molecule has 0 aromatic heterocycles. The van der Waals surface area contributed by atoms with Crippen LogP contribution in [0.1, 0.15) is 51.7 Å². The molecule has 2 rings (SSSR count). The van der Waals surface area contributed by atoms with Gasteiger partial charge in [0, 0.05) is 32.4 Å². The molecule has 2 amide bonds. The summed E-state index contributed by atoms with van der Waals surface area (Å²) in [6, 6.07) is 16.5. The molecule has 2 N–H and O–H groups in total. The lowest BCUT2D eigenvalue weighted by atomic mass is 10.1. The number of hydrogen-bond acceptors (Lipinski definition) is 11. The molecule has 2 aromatic rings. The van der Waals surface area contributed by atoms with E-state index < -0.39 is 41.8 Å². The van der Waals surface area contributed by atoms with E-state index in [-0.39, 0.29) is 77.7 Å². The molecule has 0 aliphatic carbocycles. The van der Waals surface area contributed by atoms with Crippen LogP contribution < -0.4 is 10.6 Å². The molecule has 50 heavy (non-hydrogen) atoms. The lowest BCUT2D eigenvalue weighted by molar-refractivity contribution is -0.148. The fraction of sp³-hybridized carbons (Fsp3) is 0.514. The van der Waals surface area contributed by atoms with Gasteiger partial charge in [-0.3, -0.25) is 29.0 Å². The summed E-state index contributed by atoms with van der Waals surface area (Å²) in [5.41, 5.74) is 1.66. The molecule has 0 saturated carbocycles. The number of nitrogens with zero attached hydrogens (tertiary/aromatic N) is 2. The van der Waals surface area contributed by atoms with Crippen LogP contribution in [-0.2, 0) is 55.8 Å². The SMILES string of the molecule is CCCC(=O)CN(CCN(CC(=O)NC(Cc1ccccc1)C(=O)OCC)CC(=O)OCC)CC(=O)NC(Cc1ccccc1)C(=O)OCC. The smallest absolute Gasteiger partial charge is 0.328 e. The summed E-state index contributed by atoms with van der Waals surface area (Å²) in [5.74, 6) is -2.81. The molecule has 2 unspecified atom stereocenters. The normalized spacial score (nSPS) is 12.1. The predicted octanol–water partition coefficient (Wildman–Crippen LogP) is 2.10. The van der Waals surface area contributed by atoms with Gasteiger partial charge < -0.3 is 24.8 Å². The van der Waals surface area contributed by atoms with Gasteiger partial charge in [0.25, 0.3) is 0 Å². The van der Waals surface area contributed by atoms with Crippen LogP contribution in [0, 0.1) is 0 Å². The molecule has 13 nitrogen and oxygen atoms in total. The van der Waals surface area contributed by atoms with Crippen LogP contribution in [0.2, 0.25) is 0 Å². The quantitative estimate of drug-likeness (QED) is 0.122. The zero-order valence-corrected chi connectivity index (χ0v) is 29.7. The van der Waals surface area contributed by atoms with Crippen molar-refractivity contribution in [3.63, 3.8) is 0 Å². The topological polar surface area (TPSA) is 161 Å². The maximum atomic E-state index is 13.3. The van der Waals surface area contributed by atoms with Crippen molar-refractivity contribution in [2.24, 2.45) is 0 Å². The molecule has 2 atom stereocenters. The van der Waals surface area contributed by atoms with Gasteiger partial charge in [-0.2, -0.15) is 0 Å². The Labute approximate surface area is 295 Å². The number of ether oxygens (including phenoxy) is 3. The molecule has 13 heteroatoms. The van der Waals surface area contributed by atoms with Crippen molar-refractivity contribution in [2.75, 3.05) is 59.1 Å². The number of carbonyl (C=O) groups is 6. The van der Waals surface area contributed by atoms with Crippen LogP contribution in [0.15, 0.2) is 60.7 Å². The standard InChI is InChI=1S/C37H52N4O9/c1-5-15-30(42)24-40(25-33(43)38-31(36(46)49-7-3)22-28-16-11-9-12-17-28)20-21-41(27-35(45)48-6-2)26-34(44)39-32(37(47)50-8-4)23-29-18-13-10-14-19-29/h9-14,16-19,31-32H,5-8,15,20-27H2,1-4H3,(H,38,43)(H,39,44). The van der Waals surface area contributed by atoms with Crippen molar-refractivity contribution in [2.45, 2.75) is 65.5 Å². The summed E-state index contributed by atoms with van der Waals surface area (Å²) in [6.07, 6.45) is 1.37. The summed E-state index contributed by atoms with van der Waals surface area (Å²) in [7, 11) is 0. The van der Waals surface area contributed by atoms with Gasteiger partial charge in [0.05, 0.1) is 46.0 Å². The van der Waals surface area contributed by atoms with Crippen LogP contribution in [0.25, 0.3) is 0 Å². The van der Waals surface area contributed by atoms with Crippen LogP contribution in [0.5, 0.6) is 0 Å². The monoisotopic (exact) mass is 696 g/mol.